The molecule has 1 aliphatic heterocycles. The van der Waals surface area contributed by atoms with Gasteiger partial charge < -0.3 is 14.7 Å². The van der Waals surface area contributed by atoms with E-state index >= 15 is 0 Å². The molecule has 0 saturated carbocycles. The van der Waals surface area contributed by atoms with Gasteiger partial charge in [-0.2, -0.15) is 0 Å². The summed E-state index contributed by atoms with van der Waals surface area (Å²) in [5.41, 5.74) is 1.16. The molecule has 0 aliphatic carbocycles. The molecule has 0 spiro atoms. The number of nitrogens with zero attached hydrogens (tertiary/aromatic N) is 1. The first-order valence-corrected chi connectivity index (χ1v) is 8.15. The first-order valence-electron chi connectivity index (χ1n) is 8.15. The Morgan fingerprint density at radius 1 is 1.39 bits per heavy atom. The lowest BCUT2D eigenvalue weighted by atomic mass is 9.90. The van der Waals surface area contributed by atoms with Gasteiger partial charge in [-0.1, -0.05) is 26.0 Å². The molecule has 1 aromatic rings. The molecule has 2 atom stereocenters. The number of carbonyl (C=O) groups excluding carboxylic acids is 1. The fourth-order valence-electron chi connectivity index (χ4n) is 3.02. The third-order valence-corrected chi connectivity index (χ3v) is 4.51. The van der Waals surface area contributed by atoms with Crippen molar-refractivity contribution in [1.82, 2.24) is 4.90 Å². The summed E-state index contributed by atoms with van der Waals surface area (Å²) in [6.45, 7) is 6.55. The SMILES string of the molecule is CC(C)c1cccc(OCC(=O)N2CCC[C@H](C(=O)O)[C@@H]2C)c1. The molecule has 1 amide bonds. The van der Waals surface area contributed by atoms with Gasteiger partial charge in [-0.15, -0.1) is 0 Å². The number of piperidine rings is 1. The van der Waals surface area contributed by atoms with Gasteiger partial charge in [-0.25, -0.2) is 0 Å². The van der Waals surface area contributed by atoms with Crippen LogP contribution in [0.1, 0.15) is 45.1 Å². The van der Waals surface area contributed by atoms with Crippen molar-refractivity contribution in [2.24, 2.45) is 5.92 Å². The monoisotopic (exact) mass is 319 g/mol. The predicted octanol–water partition coefficient (Wildman–Crippen LogP) is 2.90. The van der Waals surface area contributed by atoms with Crippen LogP contribution in [0.4, 0.5) is 0 Å². The van der Waals surface area contributed by atoms with Gasteiger partial charge in [0.2, 0.25) is 0 Å². The molecular formula is C18H25NO4. The first-order chi connectivity index (χ1) is 10.9. The van der Waals surface area contributed by atoms with Crippen LogP contribution in [0.25, 0.3) is 0 Å². The van der Waals surface area contributed by atoms with E-state index in [2.05, 4.69) is 13.8 Å². The molecule has 0 radical (unpaired) electrons. The lowest BCUT2D eigenvalue weighted by molar-refractivity contribution is -0.149. The number of benzene rings is 1. The number of carboxylic acid groups (broad SMARTS) is 1. The van der Waals surface area contributed by atoms with Gasteiger partial charge in [0, 0.05) is 12.6 Å². The van der Waals surface area contributed by atoms with Gasteiger partial charge in [0.1, 0.15) is 5.75 Å². The predicted molar refractivity (Wildman–Crippen MR) is 87.6 cm³/mol. The van der Waals surface area contributed by atoms with E-state index < -0.39 is 11.9 Å². The highest BCUT2D eigenvalue weighted by Crippen LogP contribution is 2.24. The molecule has 5 nitrogen and oxygen atoms in total. The van der Waals surface area contributed by atoms with Crippen molar-refractivity contribution in [3.8, 4) is 5.75 Å². The van der Waals surface area contributed by atoms with E-state index in [-0.39, 0.29) is 18.6 Å². The summed E-state index contributed by atoms with van der Waals surface area (Å²) < 4.78 is 5.62. The Morgan fingerprint density at radius 2 is 2.13 bits per heavy atom. The minimum absolute atomic E-state index is 0.0573. The number of carboxylic acids is 1. The topological polar surface area (TPSA) is 66.8 Å². The second-order valence-corrected chi connectivity index (χ2v) is 6.43. The quantitative estimate of drug-likeness (QED) is 0.906. The Bertz CT molecular complexity index is 570. The summed E-state index contributed by atoms with van der Waals surface area (Å²) in [6, 6.07) is 7.43. The third-order valence-electron chi connectivity index (χ3n) is 4.51. The van der Waals surface area contributed by atoms with Crippen LogP contribution in [0.3, 0.4) is 0 Å². The lowest BCUT2D eigenvalue weighted by Crippen LogP contribution is -2.50. The minimum atomic E-state index is -0.833. The van der Waals surface area contributed by atoms with Crippen molar-refractivity contribution < 1.29 is 19.4 Å². The molecule has 1 saturated heterocycles. The van der Waals surface area contributed by atoms with E-state index in [4.69, 9.17) is 4.74 Å². The summed E-state index contributed by atoms with van der Waals surface area (Å²) >= 11 is 0. The molecule has 1 aromatic carbocycles. The van der Waals surface area contributed by atoms with Crippen LogP contribution in [-0.4, -0.2) is 41.1 Å². The molecule has 2 rings (SSSR count). The summed E-state index contributed by atoms with van der Waals surface area (Å²) in [4.78, 5) is 25.3. The van der Waals surface area contributed by atoms with Gasteiger partial charge in [0.05, 0.1) is 5.92 Å². The van der Waals surface area contributed by atoms with Crippen molar-refractivity contribution in [1.29, 1.82) is 0 Å². The Kier molecular flexibility index (Phi) is 5.64. The number of aliphatic carboxylic acids is 1. The van der Waals surface area contributed by atoms with Crippen LogP contribution in [-0.2, 0) is 9.59 Å². The molecular weight excluding hydrogens is 294 g/mol. The molecule has 1 aliphatic rings. The third kappa shape index (κ3) is 4.24. The van der Waals surface area contributed by atoms with E-state index in [1.54, 1.807) is 11.8 Å². The number of ether oxygens (including phenoxy) is 1. The molecule has 126 valence electrons. The van der Waals surface area contributed by atoms with Crippen LogP contribution in [0.15, 0.2) is 24.3 Å². The maximum absolute atomic E-state index is 12.4. The van der Waals surface area contributed by atoms with Crippen molar-refractivity contribution in [3.63, 3.8) is 0 Å². The lowest BCUT2D eigenvalue weighted by Gasteiger charge is -2.37. The second-order valence-electron chi connectivity index (χ2n) is 6.43. The highest BCUT2D eigenvalue weighted by atomic mass is 16.5. The number of hydrogen-bond donors (Lipinski definition) is 1. The zero-order valence-corrected chi connectivity index (χ0v) is 14.0. The first kappa shape index (κ1) is 17.3. The van der Waals surface area contributed by atoms with Crippen molar-refractivity contribution in [3.05, 3.63) is 29.8 Å². The maximum atomic E-state index is 12.4. The van der Waals surface area contributed by atoms with Crippen molar-refractivity contribution in [2.45, 2.75) is 45.6 Å². The largest absolute Gasteiger partial charge is 0.484 e. The Labute approximate surface area is 137 Å². The molecule has 1 heterocycles. The van der Waals surface area contributed by atoms with E-state index in [1.807, 2.05) is 24.3 Å². The van der Waals surface area contributed by atoms with Crippen LogP contribution < -0.4 is 4.74 Å². The van der Waals surface area contributed by atoms with E-state index in [0.717, 1.165) is 12.0 Å². The van der Waals surface area contributed by atoms with Crippen LogP contribution in [0.2, 0.25) is 0 Å². The molecule has 23 heavy (non-hydrogen) atoms. The average molecular weight is 319 g/mol. The van der Waals surface area contributed by atoms with Gasteiger partial charge in [-0.05, 0) is 43.4 Å². The fourth-order valence-corrected chi connectivity index (χ4v) is 3.02. The molecule has 5 heteroatoms. The number of hydrogen-bond acceptors (Lipinski definition) is 3. The summed E-state index contributed by atoms with van der Waals surface area (Å²) in [5.74, 6) is -0.410. The summed E-state index contributed by atoms with van der Waals surface area (Å²) in [5, 5.41) is 9.23. The Balaban J connectivity index is 1.96. The number of carbonyl (C=O) groups is 2. The van der Waals surface area contributed by atoms with Gasteiger partial charge in [-0.3, -0.25) is 9.59 Å². The fraction of sp³-hybridized carbons (Fsp3) is 0.556. The van der Waals surface area contributed by atoms with E-state index in [1.165, 1.54) is 0 Å². The zero-order chi connectivity index (χ0) is 17.0. The molecule has 1 fully saturated rings. The summed E-state index contributed by atoms with van der Waals surface area (Å²) in [7, 11) is 0. The van der Waals surface area contributed by atoms with Gasteiger partial charge in [0.25, 0.3) is 5.91 Å². The highest BCUT2D eigenvalue weighted by Gasteiger charge is 2.35. The minimum Gasteiger partial charge on any atom is -0.484 e. The van der Waals surface area contributed by atoms with Crippen molar-refractivity contribution >= 4 is 11.9 Å². The highest BCUT2D eigenvalue weighted by molar-refractivity contribution is 5.80. The Morgan fingerprint density at radius 3 is 2.78 bits per heavy atom. The van der Waals surface area contributed by atoms with E-state index in [0.29, 0.717) is 24.6 Å². The number of likely N-dealkylation sites (tertiary alicyclic amines) is 1. The zero-order valence-electron chi connectivity index (χ0n) is 14.0. The molecule has 1 N–H and O–H groups in total. The van der Waals surface area contributed by atoms with E-state index in [9.17, 15) is 14.7 Å². The number of amides is 1. The molecule has 0 bridgehead atoms. The number of rotatable bonds is 5. The normalized spacial score (nSPS) is 21.3. The Hall–Kier alpha value is -2.04. The summed E-state index contributed by atoms with van der Waals surface area (Å²) in [6.07, 6.45) is 1.34. The van der Waals surface area contributed by atoms with Gasteiger partial charge >= 0.3 is 5.97 Å². The average Bonchev–Trinajstić information content (AvgIpc) is 2.52. The molecule has 0 aromatic heterocycles. The van der Waals surface area contributed by atoms with Crippen molar-refractivity contribution in [2.75, 3.05) is 13.2 Å². The standard InChI is InChI=1S/C18H25NO4/c1-12(2)14-6-4-7-15(10-14)23-11-17(20)19-9-5-8-16(13(19)3)18(21)22/h4,6-7,10,12-13,16H,5,8-9,11H2,1-3H3,(H,21,22)/t13-,16-/m0/s1. The smallest absolute Gasteiger partial charge is 0.308 e. The van der Waals surface area contributed by atoms with Gasteiger partial charge in [0.15, 0.2) is 6.61 Å². The second kappa shape index (κ2) is 7.49. The molecule has 0 unspecified atom stereocenters. The maximum Gasteiger partial charge on any atom is 0.308 e. The van der Waals surface area contributed by atoms with Crippen LogP contribution >= 0.6 is 0 Å². The van der Waals surface area contributed by atoms with Crippen LogP contribution in [0, 0.1) is 5.92 Å². The van der Waals surface area contributed by atoms with Crippen LogP contribution in [0.5, 0.6) is 5.75 Å².